The van der Waals surface area contributed by atoms with Gasteiger partial charge in [-0.1, -0.05) is 29.3 Å². The number of carbonyl (C=O) groups excluding carboxylic acids is 1. The lowest BCUT2D eigenvalue weighted by Gasteiger charge is -2.00. The van der Waals surface area contributed by atoms with Crippen molar-refractivity contribution in [3.8, 4) is 0 Å². The van der Waals surface area contributed by atoms with E-state index < -0.39 is 0 Å². The second-order valence-electron chi connectivity index (χ2n) is 3.11. The van der Waals surface area contributed by atoms with Gasteiger partial charge in [-0.15, -0.1) is 0 Å². The Kier molecular flexibility index (Phi) is 4.37. The maximum Gasteiger partial charge on any atom is 0.330 e. The minimum Gasteiger partial charge on any atom is -0.463 e. The van der Waals surface area contributed by atoms with Crippen molar-refractivity contribution in [1.82, 2.24) is 0 Å². The summed E-state index contributed by atoms with van der Waals surface area (Å²) in [4.78, 5) is 11.1. The molecule has 0 N–H and O–H groups in total. The molecule has 0 aliphatic heterocycles. The normalized spacial score (nSPS) is 10.6. The molecule has 0 fully saturated rings. The standard InChI is InChI=1S/C12H13ClO2/c1-3-15-12(14)7-5-10-8-9(2)4-6-11(10)13/h4-8H,3H2,1-2H3. The van der Waals surface area contributed by atoms with E-state index in [0.29, 0.717) is 11.6 Å². The number of rotatable bonds is 3. The van der Waals surface area contributed by atoms with Gasteiger partial charge in [-0.05, 0) is 31.6 Å². The lowest BCUT2D eigenvalue weighted by Crippen LogP contribution is -1.98. The van der Waals surface area contributed by atoms with Crippen LogP contribution in [0.2, 0.25) is 5.02 Å². The van der Waals surface area contributed by atoms with Crippen molar-refractivity contribution in [2.75, 3.05) is 6.61 Å². The van der Waals surface area contributed by atoms with E-state index in [1.807, 2.05) is 25.1 Å². The Labute approximate surface area is 94.5 Å². The van der Waals surface area contributed by atoms with Crippen molar-refractivity contribution >= 4 is 23.6 Å². The first-order valence-electron chi connectivity index (χ1n) is 4.74. The molecule has 0 saturated heterocycles. The molecule has 3 heteroatoms. The molecular formula is C12H13ClO2. The summed E-state index contributed by atoms with van der Waals surface area (Å²) in [6.45, 7) is 4.12. The summed E-state index contributed by atoms with van der Waals surface area (Å²) in [6.07, 6.45) is 3.04. The van der Waals surface area contributed by atoms with Crippen LogP contribution < -0.4 is 0 Å². The first kappa shape index (κ1) is 11.8. The molecule has 0 atom stereocenters. The van der Waals surface area contributed by atoms with E-state index in [1.165, 1.54) is 6.08 Å². The van der Waals surface area contributed by atoms with Crippen LogP contribution in [0.5, 0.6) is 0 Å². The van der Waals surface area contributed by atoms with Gasteiger partial charge in [0, 0.05) is 11.1 Å². The molecule has 0 heterocycles. The van der Waals surface area contributed by atoms with Gasteiger partial charge in [-0.25, -0.2) is 4.79 Å². The minimum atomic E-state index is -0.352. The number of aryl methyl sites for hydroxylation is 1. The maximum absolute atomic E-state index is 11.1. The number of benzene rings is 1. The highest BCUT2D eigenvalue weighted by Gasteiger charge is 1.98. The van der Waals surface area contributed by atoms with Crippen molar-refractivity contribution in [3.05, 3.63) is 40.4 Å². The van der Waals surface area contributed by atoms with Gasteiger partial charge < -0.3 is 4.74 Å². The molecule has 1 aromatic carbocycles. The second kappa shape index (κ2) is 5.56. The van der Waals surface area contributed by atoms with E-state index in [4.69, 9.17) is 16.3 Å². The molecule has 0 aliphatic rings. The highest BCUT2D eigenvalue weighted by molar-refractivity contribution is 6.32. The van der Waals surface area contributed by atoms with Gasteiger partial charge in [0.25, 0.3) is 0 Å². The largest absolute Gasteiger partial charge is 0.463 e. The molecule has 0 unspecified atom stereocenters. The molecule has 0 radical (unpaired) electrons. The Hall–Kier alpha value is -1.28. The third-order valence-electron chi connectivity index (χ3n) is 1.84. The fraction of sp³-hybridized carbons (Fsp3) is 0.250. The first-order valence-corrected chi connectivity index (χ1v) is 5.12. The summed E-state index contributed by atoms with van der Waals surface area (Å²) >= 11 is 5.95. The Morgan fingerprint density at radius 1 is 1.53 bits per heavy atom. The van der Waals surface area contributed by atoms with E-state index >= 15 is 0 Å². The SMILES string of the molecule is CCOC(=O)C=Cc1cc(C)ccc1Cl. The van der Waals surface area contributed by atoms with Gasteiger partial charge in [0.05, 0.1) is 6.61 Å². The molecule has 0 aromatic heterocycles. The molecule has 0 saturated carbocycles. The average molecular weight is 225 g/mol. The quantitative estimate of drug-likeness (QED) is 0.582. The van der Waals surface area contributed by atoms with Crippen LogP contribution in [0.15, 0.2) is 24.3 Å². The van der Waals surface area contributed by atoms with Crippen LogP contribution in [0, 0.1) is 6.92 Å². The minimum absolute atomic E-state index is 0.352. The zero-order valence-electron chi connectivity index (χ0n) is 8.79. The Balaban J connectivity index is 2.79. The van der Waals surface area contributed by atoms with Gasteiger partial charge >= 0.3 is 5.97 Å². The highest BCUT2D eigenvalue weighted by Crippen LogP contribution is 2.18. The van der Waals surface area contributed by atoms with Crippen LogP contribution >= 0.6 is 11.6 Å². The van der Waals surface area contributed by atoms with E-state index in [9.17, 15) is 4.79 Å². The van der Waals surface area contributed by atoms with Crippen LogP contribution in [0.3, 0.4) is 0 Å². The van der Waals surface area contributed by atoms with Gasteiger partial charge in [0.15, 0.2) is 0 Å². The smallest absolute Gasteiger partial charge is 0.330 e. The van der Waals surface area contributed by atoms with Crippen molar-refractivity contribution in [3.63, 3.8) is 0 Å². The third-order valence-corrected chi connectivity index (χ3v) is 2.18. The first-order chi connectivity index (χ1) is 7.13. The van der Waals surface area contributed by atoms with Gasteiger partial charge in [-0.2, -0.15) is 0 Å². The summed E-state index contributed by atoms with van der Waals surface area (Å²) in [7, 11) is 0. The molecule has 80 valence electrons. The Morgan fingerprint density at radius 3 is 2.93 bits per heavy atom. The zero-order chi connectivity index (χ0) is 11.3. The van der Waals surface area contributed by atoms with Crippen molar-refractivity contribution in [1.29, 1.82) is 0 Å². The van der Waals surface area contributed by atoms with Crippen molar-refractivity contribution in [2.45, 2.75) is 13.8 Å². The molecule has 1 aromatic rings. The Bertz CT molecular complexity index is 383. The average Bonchev–Trinajstić information content (AvgIpc) is 2.20. The fourth-order valence-corrected chi connectivity index (χ4v) is 1.32. The fourth-order valence-electron chi connectivity index (χ4n) is 1.14. The number of esters is 1. The summed E-state index contributed by atoms with van der Waals surface area (Å²) in [6, 6.07) is 5.64. The molecular weight excluding hydrogens is 212 g/mol. The lowest BCUT2D eigenvalue weighted by atomic mass is 10.1. The monoisotopic (exact) mass is 224 g/mol. The van der Waals surface area contributed by atoms with E-state index in [1.54, 1.807) is 13.0 Å². The third kappa shape index (κ3) is 3.76. The van der Waals surface area contributed by atoms with Crippen molar-refractivity contribution < 1.29 is 9.53 Å². The number of hydrogen-bond donors (Lipinski definition) is 0. The topological polar surface area (TPSA) is 26.3 Å². The van der Waals surface area contributed by atoms with Crippen LogP contribution in [0.4, 0.5) is 0 Å². The molecule has 0 spiro atoms. The van der Waals surface area contributed by atoms with Gasteiger partial charge in [-0.3, -0.25) is 0 Å². The van der Waals surface area contributed by atoms with Gasteiger partial charge in [0.1, 0.15) is 0 Å². The molecule has 2 nitrogen and oxygen atoms in total. The van der Waals surface area contributed by atoms with Crippen LogP contribution in [-0.4, -0.2) is 12.6 Å². The zero-order valence-corrected chi connectivity index (χ0v) is 9.54. The molecule has 0 bridgehead atoms. The second-order valence-corrected chi connectivity index (χ2v) is 3.52. The maximum atomic E-state index is 11.1. The Morgan fingerprint density at radius 2 is 2.27 bits per heavy atom. The molecule has 0 aliphatic carbocycles. The van der Waals surface area contributed by atoms with Gasteiger partial charge in [0.2, 0.25) is 0 Å². The van der Waals surface area contributed by atoms with Crippen LogP contribution in [-0.2, 0) is 9.53 Å². The van der Waals surface area contributed by atoms with E-state index in [-0.39, 0.29) is 5.97 Å². The summed E-state index contributed by atoms with van der Waals surface area (Å²) in [5.41, 5.74) is 1.92. The van der Waals surface area contributed by atoms with Crippen LogP contribution in [0.25, 0.3) is 6.08 Å². The molecule has 15 heavy (non-hydrogen) atoms. The lowest BCUT2D eigenvalue weighted by molar-refractivity contribution is -0.137. The molecule has 0 amide bonds. The molecule has 1 rings (SSSR count). The van der Waals surface area contributed by atoms with E-state index in [2.05, 4.69) is 0 Å². The number of hydrogen-bond acceptors (Lipinski definition) is 2. The summed E-state index contributed by atoms with van der Waals surface area (Å²) in [5, 5.41) is 0.626. The van der Waals surface area contributed by atoms with E-state index in [0.717, 1.165) is 11.1 Å². The predicted molar refractivity (Wildman–Crippen MR) is 61.9 cm³/mol. The van der Waals surface area contributed by atoms with Crippen molar-refractivity contribution in [2.24, 2.45) is 0 Å². The summed E-state index contributed by atoms with van der Waals surface area (Å²) in [5.74, 6) is -0.352. The predicted octanol–water partition coefficient (Wildman–Crippen LogP) is 3.22. The number of halogens is 1. The highest BCUT2D eigenvalue weighted by atomic mass is 35.5. The number of ether oxygens (including phenoxy) is 1. The number of carbonyl (C=O) groups is 1. The summed E-state index contributed by atoms with van der Waals surface area (Å²) < 4.78 is 4.76. The van der Waals surface area contributed by atoms with Crippen LogP contribution in [0.1, 0.15) is 18.1 Å².